The maximum absolute atomic E-state index is 8.76. The minimum absolute atomic E-state index is 0. The van der Waals surface area contributed by atoms with Crippen molar-refractivity contribution in [2.24, 2.45) is 0 Å². The predicted molar refractivity (Wildman–Crippen MR) is 32.8 cm³/mol. The smallest absolute Gasteiger partial charge is 0.115 e. The molecule has 0 saturated carbocycles. The molecule has 1 rings (SSSR count). The van der Waals surface area contributed by atoms with Gasteiger partial charge in [-0.2, -0.15) is 0 Å². The summed E-state index contributed by atoms with van der Waals surface area (Å²) in [5, 5.41) is 8.76. The zero-order valence-electron chi connectivity index (χ0n) is 5.16. The fourth-order valence-electron chi connectivity index (χ4n) is 0.545. The van der Waals surface area contributed by atoms with Crippen molar-refractivity contribution in [3.05, 3.63) is 29.8 Å². The molecule has 1 aromatic rings. The molecule has 9 heavy (non-hydrogen) atoms. The molecule has 0 bridgehead atoms. The first kappa shape index (κ1) is 8.71. The van der Waals surface area contributed by atoms with Crippen LogP contribution in [0.2, 0.25) is 0 Å². The first-order chi connectivity index (χ1) is 3.79. The molecule has 0 aliphatic carbocycles. The molecule has 0 aliphatic rings. The van der Waals surface area contributed by atoms with Crippen LogP contribution in [-0.4, -0.2) is 5.11 Å². The molecule has 0 spiro atoms. The second-order valence-corrected chi connectivity index (χ2v) is 1.84. The molecule has 0 aromatic heterocycles. The van der Waals surface area contributed by atoms with Gasteiger partial charge in [0, 0.05) is 21.1 Å². The van der Waals surface area contributed by atoms with E-state index >= 15 is 0 Å². The van der Waals surface area contributed by atoms with Crippen LogP contribution in [0.25, 0.3) is 0 Å². The summed E-state index contributed by atoms with van der Waals surface area (Å²) in [7, 11) is 0. The predicted octanol–water partition coefficient (Wildman–Crippen LogP) is 1.70. The number of aromatic hydroxyl groups is 1. The number of phenolic OH excluding ortho intramolecular Hbond substituents is 1. The normalized spacial score (nSPS) is 8.11. The van der Waals surface area contributed by atoms with E-state index in [-0.39, 0.29) is 21.1 Å². The zero-order valence-corrected chi connectivity index (χ0v) is 7.17. The van der Waals surface area contributed by atoms with Gasteiger partial charge in [0.05, 0.1) is 0 Å². The summed E-state index contributed by atoms with van der Waals surface area (Å²) in [6.07, 6.45) is 0. The van der Waals surface area contributed by atoms with E-state index in [1.165, 1.54) is 5.56 Å². The van der Waals surface area contributed by atoms with Crippen molar-refractivity contribution < 1.29 is 26.2 Å². The fraction of sp³-hybridized carbons (Fsp3) is 0.143. The molecule has 1 N–H and O–H groups in total. The topological polar surface area (TPSA) is 20.2 Å². The van der Waals surface area contributed by atoms with E-state index in [2.05, 4.69) is 0 Å². The Bertz CT molecular complexity index is 148. The number of hydrogen-bond donors (Lipinski definition) is 1. The van der Waals surface area contributed by atoms with Crippen LogP contribution < -0.4 is 0 Å². The Kier molecular flexibility index (Phi) is 3.56. The molecule has 2 heteroatoms. The Labute approximate surface area is 69.0 Å². The molecule has 48 valence electrons. The number of rotatable bonds is 0. The van der Waals surface area contributed by atoms with E-state index in [1.807, 2.05) is 19.1 Å². The average molecular weight is 204 g/mol. The minimum Gasteiger partial charge on any atom is -0.508 e. The molecule has 0 unspecified atom stereocenters. The molecule has 0 amide bonds. The van der Waals surface area contributed by atoms with Gasteiger partial charge in [-0.3, -0.25) is 0 Å². The van der Waals surface area contributed by atoms with Crippen LogP contribution in [0.4, 0.5) is 0 Å². The largest absolute Gasteiger partial charge is 0.508 e. The maximum atomic E-state index is 8.76. The van der Waals surface area contributed by atoms with Crippen molar-refractivity contribution in [1.82, 2.24) is 0 Å². The van der Waals surface area contributed by atoms with Gasteiger partial charge in [0.1, 0.15) is 5.75 Å². The molecule has 0 saturated heterocycles. The third kappa shape index (κ3) is 2.66. The van der Waals surface area contributed by atoms with Crippen LogP contribution >= 0.6 is 0 Å². The third-order valence-corrected chi connectivity index (χ3v) is 1.03. The van der Waals surface area contributed by atoms with Crippen LogP contribution in [-0.2, 0) is 21.1 Å². The second-order valence-electron chi connectivity index (χ2n) is 1.84. The molecule has 0 fully saturated rings. The number of phenols is 1. The van der Waals surface area contributed by atoms with E-state index in [4.69, 9.17) is 5.11 Å². The van der Waals surface area contributed by atoms with Crippen LogP contribution in [0.15, 0.2) is 24.3 Å². The number of hydrogen-bond acceptors (Lipinski definition) is 1. The summed E-state index contributed by atoms with van der Waals surface area (Å²) in [6, 6.07) is 7.09. The van der Waals surface area contributed by atoms with E-state index < -0.39 is 0 Å². The Morgan fingerprint density at radius 1 is 1.11 bits per heavy atom. The Hall–Kier alpha value is -0.292. The van der Waals surface area contributed by atoms with Crippen molar-refractivity contribution >= 4 is 0 Å². The molecule has 0 atom stereocenters. The molecule has 1 aromatic carbocycles. The standard InChI is InChI=1S/C7H8O.Mo/c1-6-2-4-7(8)5-3-6;/h2-5,8H,1H3;. The third-order valence-electron chi connectivity index (χ3n) is 1.03. The van der Waals surface area contributed by atoms with Gasteiger partial charge in [-0.15, -0.1) is 0 Å². The zero-order chi connectivity index (χ0) is 5.98. The molecule has 0 radical (unpaired) electrons. The van der Waals surface area contributed by atoms with Crippen LogP contribution in [0.5, 0.6) is 5.75 Å². The van der Waals surface area contributed by atoms with E-state index in [0.29, 0.717) is 5.75 Å². The summed E-state index contributed by atoms with van der Waals surface area (Å²) in [4.78, 5) is 0. The van der Waals surface area contributed by atoms with Gasteiger partial charge in [-0.05, 0) is 19.1 Å². The van der Waals surface area contributed by atoms with Crippen molar-refractivity contribution in [3.8, 4) is 5.75 Å². The van der Waals surface area contributed by atoms with Gasteiger partial charge in [0.15, 0.2) is 0 Å². The molecular formula is C7H8MoO. The SMILES string of the molecule is Cc1ccc(O)cc1.[Mo]. The van der Waals surface area contributed by atoms with Crippen LogP contribution in [0.1, 0.15) is 5.56 Å². The van der Waals surface area contributed by atoms with E-state index in [0.717, 1.165) is 0 Å². The van der Waals surface area contributed by atoms with Gasteiger partial charge < -0.3 is 5.11 Å². The van der Waals surface area contributed by atoms with Crippen molar-refractivity contribution in [1.29, 1.82) is 0 Å². The molecule has 1 nitrogen and oxygen atoms in total. The van der Waals surface area contributed by atoms with Crippen molar-refractivity contribution in [3.63, 3.8) is 0 Å². The fourth-order valence-corrected chi connectivity index (χ4v) is 0.545. The number of benzene rings is 1. The number of aryl methyl sites for hydroxylation is 1. The molecule has 0 aliphatic heterocycles. The second kappa shape index (κ2) is 3.68. The summed E-state index contributed by atoms with van der Waals surface area (Å²) in [5.41, 5.74) is 1.17. The quantitative estimate of drug-likeness (QED) is 0.637. The van der Waals surface area contributed by atoms with Gasteiger partial charge in [-0.1, -0.05) is 17.7 Å². The van der Waals surface area contributed by atoms with Gasteiger partial charge in [-0.25, -0.2) is 0 Å². The van der Waals surface area contributed by atoms with Gasteiger partial charge in [0.25, 0.3) is 0 Å². The van der Waals surface area contributed by atoms with Gasteiger partial charge >= 0.3 is 0 Å². The van der Waals surface area contributed by atoms with Crippen LogP contribution in [0.3, 0.4) is 0 Å². The Morgan fingerprint density at radius 3 is 1.89 bits per heavy atom. The summed E-state index contributed by atoms with van der Waals surface area (Å²) in [6.45, 7) is 1.99. The van der Waals surface area contributed by atoms with Crippen LogP contribution in [0, 0.1) is 6.92 Å². The van der Waals surface area contributed by atoms with E-state index in [9.17, 15) is 0 Å². The Balaban J connectivity index is 0.000000640. The van der Waals surface area contributed by atoms with Crippen molar-refractivity contribution in [2.45, 2.75) is 6.92 Å². The maximum Gasteiger partial charge on any atom is 0.115 e. The van der Waals surface area contributed by atoms with E-state index in [1.54, 1.807) is 12.1 Å². The summed E-state index contributed by atoms with van der Waals surface area (Å²) in [5.74, 6) is 0.329. The summed E-state index contributed by atoms with van der Waals surface area (Å²) >= 11 is 0. The first-order valence-corrected chi connectivity index (χ1v) is 2.54. The van der Waals surface area contributed by atoms with Crippen molar-refractivity contribution in [2.75, 3.05) is 0 Å². The van der Waals surface area contributed by atoms with Gasteiger partial charge in [0.2, 0.25) is 0 Å². The Morgan fingerprint density at radius 2 is 1.56 bits per heavy atom. The first-order valence-electron chi connectivity index (χ1n) is 2.54. The summed E-state index contributed by atoms with van der Waals surface area (Å²) < 4.78 is 0. The molecular weight excluding hydrogens is 196 g/mol. The monoisotopic (exact) mass is 206 g/mol. The minimum atomic E-state index is 0. The molecule has 0 heterocycles. The average Bonchev–Trinajstić information content (AvgIpc) is 1.77.